The van der Waals surface area contributed by atoms with Crippen LogP contribution in [-0.2, 0) is 0 Å². The summed E-state index contributed by atoms with van der Waals surface area (Å²) in [6, 6.07) is 0. The standard InChI is InChI=1S/C12H19N3S/c1-8(2)11-13-12(16-14-11)10-7-15-5-3-9(10)4-6-15/h8-10H,3-7H2,1-2H3. The molecule has 4 heteroatoms. The van der Waals surface area contributed by atoms with E-state index in [2.05, 4.69) is 23.1 Å². The molecule has 2 bridgehead atoms. The predicted octanol–water partition coefficient (Wildman–Crippen LogP) is 2.47. The van der Waals surface area contributed by atoms with E-state index in [-0.39, 0.29) is 0 Å². The number of rotatable bonds is 2. The molecule has 0 radical (unpaired) electrons. The summed E-state index contributed by atoms with van der Waals surface area (Å²) in [4.78, 5) is 7.32. The lowest BCUT2D eigenvalue weighted by molar-refractivity contribution is 0.0869. The molecule has 16 heavy (non-hydrogen) atoms. The minimum Gasteiger partial charge on any atom is -0.303 e. The third-order valence-electron chi connectivity index (χ3n) is 3.95. The van der Waals surface area contributed by atoms with E-state index in [1.807, 2.05) is 0 Å². The monoisotopic (exact) mass is 237 g/mol. The highest BCUT2D eigenvalue weighted by Gasteiger charge is 2.36. The lowest BCUT2D eigenvalue weighted by Gasteiger charge is -2.43. The first-order valence-electron chi connectivity index (χ1n) is 6.30. The van der Waals surface area contributed by atoms with Gasteiger partial charge < -0.3 is 4.90 Å². The van der Waals surface area contributed by atoms with Crippen molar-refractivity contribution in [1.29, 1.82) is 0 Å². The molecule has 0 aromatic carbocycles. The molecule has 3 fully saturated rings. The van der Waals surface area contributed by atoms with Crippen molar-refractivity contribution in [2.75, 3.05) is 19.6 Å². The molecule has 0 N–H and O–H groups in total. The molecule has 1 aromatic heterocycles. The molecule has 3 aliphatic heterocycles. The molecule has 1 unspecified atom stereocenters. The van der Waals surface area contributed by atoms with E-state index in [0.29, 0.717) is 11.8 Å². The van der Waals surface area contributed by atoms with Crippen molar-refractivity contribution in [3.63, 3.8) is 0 Å². The van der Waals surface area contributed by atoms with Crippen LogP contribution in [0.2, 0.25) is 0 Å². The van der Waals surface area contributed by atoms with Crippen LogP contribution in [0.15, 0.2) is 0 Å². The second-order valence-corrected chi connectivity index (χ2v) is 6.17. The van der Waals surface area contributed by atoms with Gasteiger partial charge in [0.25, 0.3) is 0 Å². The van der Waals surface area contributed by atoms with Crippen molar-refractivity contribution in [2.24, 2.45) is 5.92 Å². The minimum absolute atomic E-state index is 0.464. The van der Waals surface area contributed by atoms with Crippen LogP contribution in [0.5, 0.6) is 0 Å². The summed E-state index contributed by atoms with van der Waals surface area (Å²) in [5.41, 5.74) is 0. The Kier molecular flexibility index (Phi) is 2.72. The van der Waals surface area contributed by atoms with Crippen LogP contribution in [0.3, 0.4) is 0 Å². The van der Waals surface area contributed by atoms with Gasteiger partial charge in [0, 0.05) is 18.4 Å². The van der Waals surface area contributed by atoms with Gasteiger partial charge in [0.1, 0.15) is 10.8 Å². The van der Waals surface area contributed by atoms with E-state index >= 15 is 0 Å². The topological polar surface area (TPSA) is 29.0 Å². The Labute approximate surface area is 101 Å². The molecule has 3 nitrogen and oxygen atoms in total. The normalized spacial score (nSPS) is 33.6. The lowest BCUT2D eigenvalue weighted by Crippen LogP contribution is -2.46. The van der Waals surface area contributed by atoms with Crippen molar-refractivity contribution in [2.45, 2.75) is 38.5 Å². The van der Waals surface area contributed by atoms with Crippen LogP contribution >= 0.6 is 11.5 Å². The fourth-order valence-electron chi connectivity index (χ4n) is 2.88. The average Bonchev–Trinajstić information content (AvgIpc) is 2.80. The van der Waals surface area contributed by atoms with Crippen LogP contribution in [0.4, 0.5) is 0 Å². The summed E-state index contributed by atoms with van der Waals surface area (Å²) in [7, 11) is 0. The van der Waals surface area contributed by atoms with Gasteiger partial charge in [-0.05, 0) is 43.4 Å². The fraction of sp³-hybridized carbons (Fsp3) is 0.833. The highest BCUT2D eigenvalue weighted by molar-refractivity contribution is 7.05. The molecular formula is C12H19N3S. The lowest BCUT2D eigenvalue weighted by atomic mass is 9.79. The Balaban J connectivity index is 1.81. The third-order valence-corrected chi connectivity index (χ3v) is 4.81. The van der Waals surface area contributed by atoms with Gasteiger partial charge in [-0.3, -0.25) is 0 Å². The Morgan fingerprint density at radius 2 is 2.06 bits per heavy atom. The number of hydrogen-bond acceptors (Lipinski definition) is 4. The van der Waals surface area contributed by atoms with Crippen LogP contribution < -0.4 is 0 Å². The van der Waals surface area contributed by atoms with Gasteiger partial charge in [-0.2, -0.15) is 4.37 Å². The SMILES string of the molecule is CC(C)c1nsc(C2CN3CCC2CC3)n1. The van der Waals surface area contributed by atoms with Gasteiger partial charge in [0.05, 0.1) is 0 Å². The van der Waals surface area contributed by atoms with Crippen molar-refractivity contribution < 1.29 is 0 Å². The van der Waals surface area contributed by atoms with Crippen LogP contribution in [0, 0.1) is 5.92 Å². The van der Waals surface area contributed by atoms with Gasteiger partial charge in [-0.15, -0.1) is 0 Å². The molecule has 0 amide bonds. The van der Waals surface area contributed by atoms with Crippen LogP contribution in [-0.4, -0.2) is 33.9 Å². The molecule has 4 rings (SSSR count). The number of nitrogens with zero attached hydrogens (tertiary/aromatic N) is 3. The Bertz CT molecular complexity index is 366. The zero-order chi connectivity index (χ0) is 11.1. The quantitative estimate of drug-likeness (QED) is 0.791. The maximum Gasteiger partial charge on any atom is 0.145 e. The van der Waals surface area contributed by atoms with E-state index in [9.17, 15) is 0 Å². The largest absolute Gasteiger partial charge is 0.303 e. The molecule has 1 aromatic rings. The zero-order valence-corrected chi connectivity index (χ0v) is 10.8. The van der Waals surface area contributed by atoms with Crippen molar-refractivity contribution in [1.82, 2.24) is 14.3 Å². The summed E-state index contributed by atoms with van der Waals surface area (Å²) in [6.07, 6.45) is 2.72. The molecule has 4 heterocycles. The predicted molar refractivity (Wildman–Crippen MR) is 65.9 cm³/mol. The summed E-state index contributed by atoms with van der Waals surface area (Å²) in [6.45, 7) is 8.16. The molecule has 3 saturated heterocycles. The second kappa shape index (κ2) is 4.08. The van der Waals surface area contributed by atoms with Crippen LogP contribution in [0.1, 0.15) is 49.4 Å². The highest BCUT2D eigenvalue weighted by atomic mass is 32.1. The molecule has 0 aliphatic carbocycles. The Morgan fingerprint density at radius 1 is 1.31 bits per heavy atom. The zero-order valence-electron chi connectivity index (χ0n) is 10.0. The molecule has 0 saturated carbocycles. The summed E-state index contributed by atoms with van der Waals surface area (Å²) < 4.78 is 4.49. The Morgan fingerprint density at radius 3 is 2.56 bits per heavy atom. The third kappa shape index (κ3) is 1.78. The van der Waals surface area contributed by atoms with E-state index < -0.39 is 0 Å². The molecule has 0 spiro atoms. The van der Waals surface area contributed by atoms with Gasteiger partial charge >= 0.3 is 0 Å². The maximum absolute atomic E-state index is 4.73. The molecular weight excluding hydrogens is 218 g/mol. The second-order valence-electron chi connectivity index (χ2n) is 5.39. The van der Waals surface area contributed by atoms with Crippen LogP contribution in [0.25, 0.3) is 0 Å². The van der Waals surface area contributed by atoms with Gasteiger partial charge in [-0.25, -0.2) is 4.98 Å². The van der Waals surface area contributed by atoms with Crippen molar-refractivity contribution in [3.05, 3.63) is 10.8 Å². The first-order chi connectivity index (χ1) is 7.74. The maximum atomic E-state index is 4.73. The summed E-state index contributed by atoms with van der Waals surface area (Å²) >= 11 is 1.64. The van der Waals surface area contributed by atoms with E-state index in [4.69, 9.17) is 4.98 Å². The van der Waals surface area contributed by atoms with Crippen molar-refractivity contribution >= 4 is 11.5 Å². The molecule has 3 aliphatic rings. The van der Waals surface area contributed by atoms with Gasteiger partial charge in [-0.1, -0.05) is 13.8 Å². The van der Waals surface area contributed by atoms with Crippen molar-refractivity contribution in [3.8, 4) is 0 Å². The first-order valence-corrected chi connectivity index (χ1v) is 7.07. The number of hydrogen-bond donors (Lipinski definition) is 0. The smallest absolute Gasteiger partial charge is 0.145 e. The number of piperidine rings is 3. The first kappa shape index (κ1) is 10.7. The fourth-order valence-corrected chi connectivity index (χ4v) is 3.85. The highest BCUT2D eigenvalue weighted by Crippen LogP contribution is 2.39. The summed E-state index contributed by atoms with van der Waals surface area (Å²) in [5.74, 6) is 3.05. The Hall–Kier alpha value is -0.480. The molecule has 88 valence electrons. The van der Waals surface area contributed by atoms with E-state index in [0.717, 1.165) is 11.7 Å². The number of fused-ring (bicyclic) bond motifs is 3. The van der Waals surface area contributed by atoms with Gasteiger partial charge in [0.15, 0.2) is 0 Å². The minimum atomic E-state index is 0.464. The van der Waals surface area contributed by atoms with E-state index in [1.165, 1.54) is 37.5 Å². The van der Waals surface area contributed by atoms with E-state index in [1.54, 1.807) is 11.5 Å². The summed E-state index contributed by atoms with van der Waals surface area (Å²) in [5, 5.41) is 1.29. The molecule has 1 atom stereocenters. The van der Waals surface area contributed by atoms with Gasteiger partial charge in [0.2, 0.25) is 0 Å². The number of aromatic nitrogens is 2. The average molecular weight is 237 g/mol.